The molecule has 4 nitrogen and oxygen atoms in total. The molecule has 0 saturated heterocycles. The van der Waals surface area contributed by atoms with Gasteiger partial charge in [-0.05, 0) is 78.1 Å². The van der Waals surface area contributed by atoms with E-state index in [0.29, 0.717) is 11.7 Å². The molecular weight excluding hydrogens is 413 g/mol. The number of anilines is 1. The molecule has 1 aliphatic heterocycles. The van der Waals surface area contributed by atoms with E-state index in [0.717, 1.165) is 39.9 Å². The SMILES string of the molecule is C=C(N)c1cc(C2=CC=CNC2c2cc(OC)c(F)cc2C(C)C)ccc1N(C)C(C)CC. The second-order valence-electron chi connectivity index (χ2n) is 8.98. The predicted octanol–water partition coefficient (Wildman–Crippen LogP) is 6.36. The molecule has 0 radical (unpaired) electrons. The van der Waals surface area contributed by atoms with Crippen LogP contribution in [-0.4, -0.2) is 20.2 Å². The van der Waals surface area contributed by atoms with Crippen LogP contribution in [0.15, 0.2) is 55.3 Å². The first kappa shape index (κ1) is 24.4. The number of nitrogens with one attached hydrogen (secondary N) is 1. The lowest BCUT2D eigenvalue weighted by Crippen LogP contribution is -2.29. The van der Waals surface area contributed by atoms with Crippen LogP contribution in [0.4, 0.5) is 10.1 Å². The Bertz CT molecular complexity index is 1090. The molecule has 2 aromatic carbocycles. The van der Waals surface area contributed by atoms with Crippen LogP contribution in [0, 0.1) is 5.82 Å². The number of halogens is 1. The number of rotatable bonds is 8. The van der Waals surface area contributed by atoms with Gasteiger partial charge in [0.15, 0.2) is 11.6 Å². The molecule has 33 heavy (non-hydrogen) atoms. The van der Waals surface area contributed by atoms with Gasteiger partial charge in [-0.2, -0.15) is 0 Å². The van der Waals surface area contributed by atoms with Crippen LogP contribution in [0.25, 0.3) is 11.3 Å². The molecule has 2 unspecified atom stereocenters. The molecule has 0 bridgehead atoms. The molecule has 2 aromatic rings. The molecule has 0 amide bonds. The highest BCUT2D eigenvalue weighted by molar-refractivity contribution is 5.81. The Labute approximate surface area is 197 Å². The second-order valence-corrected chi connectivity index (χ2v) is 8.98. The fourth-order valence-electron chi connectivity index (χ4n) is 4.29. The van der Waals surface area contributed by atoms with Crippen molar-refractivity contribution < 1.29 is 9.13 Å². The number of benzene rings is 2. The van der Waals surface area contributed by atoms with Crippen molar-refractivity contribution in [2.75, 3.05) is 19.1 Å². The van der Waals surface area contributed by atoms with Gasteiger partial charge in [-0.1, -0.05) is 39.5 Å². The Morgan fingerprint density at radius 1 is 1.24 bits per heavy atom. The van der Waals surface area contributed by atoms with Gasteiger partial charge in [0.05, 0.1) is 13.2 Å². The van der Waals surface area contributed by atoms with Gasteiger partial charge in [0.1, 0.15) is 0 Å². The number of ether oxygens (including phenoxy) is 1. The number of nitrogens with two attached hydrogens (primary N) is 1. The van der Waals surface area contributed by atoms with E-state index in [1.54, 1.807) is 6.07 Å². The molecular formula is C28H36FN3O. The summed E-state index contributed by atoms with van der Waals surface area (Å²) in [6.45, 7) is 12.5. The van der Waals surface area contributed by atoms with Crippen molar-refractivity contribution in [3.05, 3.63) is 83.3 Å². The Balaban J connectivity index is 2.13. The lowest BCUT2D eigenvalue weighted by Gasteiger charge is -2.31. The molecule has 176 valence electrons. The summed E-state index contributed by atoms with van der Waals surface area (Å²) in [6.07, 6.45) is 7.03. The second kappa shape index (κ2) is 10.2. The average molecular weight is 450 g/mol. The molecule has 1 aliphatic rings. The number of hydrogen-bond acceptors (Lipinski definition) is 4. The van der Waals surface area contributed by atoms with Crippen LogP contribution in [0.3, 0.4) is 0 Å². The first-order valence-corrected chi connectivity index (χ1v) is 11.5. The van der Waals surface area contributed by atoms with Crippen molar-refractivity contribution in [3.8, 4) is 5.75 Å². The summed E-state index contributed by atoms with van der Waals surface area (Å²) in [5.41, 5.74) is 12.8. The molecule has 5 heteroatoms. The van der Waals surface area contributed by atoms with Gasteiger partial charge in [-0.25, -0.2) is 4.39 Å². The number of methoxy groups -OCH3 is 1. The summed E-state index contributed by atoms with van der Waals surface area (Å²) in [7, 11) is 3.58. The van der Waals surface area contributed by atoms with E-state index < -0.39 is 0 Å². The summed E-state index contributed by atoms with van der Waals surface area (Å²) >= 11 is 0. The highest BCUT2D eigenvalue weighted by Gasteiger charge is 2.25. The molecule has 0 aromatic heterocycles. The minimum Gasteiger partial charge on any atom is -0.494 e. The molecule has 2 atom stereocenters. The monoisotopic (exact) mass is 449 g/mol. The van der Waals surface area contributed by atoms with Crippen molar-refractivity contribution in [2.45, 2.75) is 52.1 Å². The lowest BCUT2D eigenvalue weighted by atomic mass is 9.84. The summed E-state index contributed by atoms with van der Waals surface area (Å²) in [5.74, 6) is 0.0490. The zero-order valence-electron chi connectivity index (χ0n) is 20.6. The molecule has 0 aliphatic carbocycles. The molecule has 1 heterocycles. The standard InChI is InChI=1S/C28H36FN3O/c1-8-18(4)32(6)26-12-11-20(14-23(26)19(5)30)21-10-9-13-31-28(21)24-16-27(33-7)25(29)15-22(24)17(2)3/h9-18,28,31H,5,8,30H2,1-4,6-7H3. The molecule has 0 saturated carbocycles. The van der Waals surface area contributed by atoms with Crippen LogP contribution in [-0.2, 0) is 0 Å². The van der Waals surface area contributed by atoms with Crippen LogP contribution in [0.5, 0.6) is 5.75 Å². The minimum absolute atomic E-state index is 0.153. The molecule has 0 fully saturated rings. The Morgan fingerprint density at radius 3 is 2.58 bits per heavy atom. The first-order chi connectivity index (χ1) is 15.7. The van der Waals surface area contributed by atoms with Crippen LogP contribution in [0.2, 0.25) is 0 Å². The van der Waals surface area contributed by atoms with E-state index in [1.165, 1.54) is 7.11 Å². The van der Waals surface area contributed by atoms with Gasteiger partial charge in [-0.3, -0.25) is 0 Å². The molecule has 0 spiro atoms. The van der Waals surface area contributed by atoms with Crippen molar-refractivity contribution in [1.29, 1.82) is 0 Å². The topological polar surface area (TPSA) is 50.5 Å². The van der Waals surface area contributed by atoms with Gasteiger partial charge in [0, 0.05) is 30.0 Å². The molecule has 3 N–H and O–H groups in total. The van der Waals surface area contributed by atoms with Crippen molar-refractivity contribution in [3.63, 3.8) is 0 Å². The maximum atomic E-state index is 14.5. The quantitative estimate of drug-likeness (QED) is 0.492. The largest absolute Gasteiger partial charge is 0.494 e. The maximum absolute atomic E-state index is 14.5. The van der Waals surface area contributed by atoms with Gasteiger partial charge >= 0.3 is 0 Å². The van der Waals surface area contributed by atoms with E-state index in [1.807, 2.05) is 18.3 Å². The normalized spacial score (nSPS) is 16.2. The summed E-state index contributed by atoms with van der Waals surface area (Å²) in [6, 6.07) is 9.96. The van der Waals surface area contributed by atoms with Gasteiger partial charge < -0.3 is 20.7 Å². The summed E-state index contributed by atoms with van der Waals surface area (Å²) < 4.78 is 19.8. The number of allylic oxidation sites excluding steroid dienone is 2. The average Bonchev–Trinajstić information content (AvgIpc) is 2.82. The first-order valence-electron chi connectivity index (χ1n) is 11.5. The Morgan fingerprint density at radius 2 is 1.97 bits per heavy atom. The van der Waals surface area contributed by atoms with Crippen molar-refractivity contribution >= 4 is 17.0 Å². The fourth-order valence-corrected chi connectivity index (χ4v) is 4.29. The van der Waals surface area contributed by atoms with E-state index >= 15 is 0 Å². The third-order valence-corrected chi connectivity index (χ3v) is 6.54. The zero-order valence-corrected chi connectivity index (χ0v) is 20.6. The van der Waals surface area contributed by atoms with Crippen LogP contribution < -0.4 is 20.7 Å². The van der Waals surface area contributed by atoms with E-state index in [9.17, 15) is 4.39 Å². The number of dihydropyridines is 1. The summed E-state index contributed by atoms with van der Waals surface area (Å²) in [5, 5.41) is 3.47. The third-order valence-electron chi connectivity index (χ3n) is 6.54. The Hall–Kier alpha value is -3.21. The smallest absolute Gasteiger partial charge is 0.165 e. The highest BCUT2D eigenvalue weighted by atomic mass is 19.1. The predicted molar refractivity (Wildman–Crippen MR) is 138 cm³/mol. The minimum atomic E-state index is -0.346. The van der Waals surface area contributed by atoms with Crippen molar-refractivity contribution in [2.24, 2.45) is 5.73 Å². The van der Waals surface area contributed by atoms with Crippen LogP contribution >= 0.6 is 0 Å². The lowest BCUT2D eigenvalue weighted by molar-refractivity contribution is 0.385. The molecule has 3 rings (SSSR count). The third kappa shape index (κ3) is 4.92. The van der Waals surface area contributed by atoms with E-state index in [2.05, 4.69) is 75.8 Å². The van der Waals surface area contributed by atoms with E-state index in [-0.39, 0.29) is 23.5 Å². The Kier molecular flexibility index (Phi) is 7.52. The summed E-state index contributed by atoms with van der Waals surface area (Å²) in [4.78, 5) is 2.24. The number of hydrogen-bond donors (Lipinski definition) is 2. The van der Waals surface area contributed by atoms with Gasteiger partial charge in [-0.15, -0.1) is 0 Å². The zero-order chi connectivity index (χ0) is 24.3. The van der Waals surface area contributed by atoms with Gasteiger partial charge in [0.25, 0.3) is 0 Å². The van der Waals surface area contributed by atoms with Crippen molar-refractivity contribution in [1.82, 2.24) is 5.32 Å². The fraction of sp³-hybridized carbons (Fsp3) is 0.357. The number of nitrogens with zero attached hydrogens (tertiary/aromatic N) is 1. The maximum Gasteiger partial charge on any atom is 0.165 e. The highest BCUT2D eigenvalue weighted by Crippen LogP contribution is 2.40. The van der Waals surface area contributed by atoms with Crippen LogP contribution in [0.1, 0.15) is 68.3 Å². The van der Waals surface area contributed by atoms with E-state index in [4.69, 9.17) is 10.5 Å². The van der Waals surface area contributed by atoms with Gasteiger partial charge in [0.2, 0.25) is 0 Å².